The molecular weight excluding hydrogens is 918 g/mol. The number of rotatable bonds is 12. The Morgan fingerprint density at radius 2 is 0.833 bits per heavy atom. The fraction of sp³-hybridized carbons (Fsp3) is 0.450. The lowest BCUT2D eigenvalue weighted by Crippen LogP contribution is -2.40. The first-order valence-electron chi connectivity index (χ1n) is 19.9. The first kappa shape index (κ1) is 52.7. The molecule has 0 aliphatic rings. The van der Waals surface area contributed by atoms with Crippen LogP contribution in [-0.2, 0) is 24.7 Å². The number of benzene rings is 2. The third-order valence-corrected chi connectivity index (χ3v) is 10.5. The van der Waals surface area contributed by atoms with Gasteiger partial charge in [-0.15, -0.1) is 0 Å². The number of fused-ring (bicyclic) bond motifs is 2. The summed E-state index contributed by atoms with van der Waals surface area (Å²) in [4.78, 5) is 14.0. The van der Waals surface area contributed by atoms with Crippen LogP contribution in [0.1, 0.15) is 113 Å². The molecule has 26 heteroatoms. The van der Waals surface area contributed by atoms with Gasteiger partial charge in [0.15, 0.2) is 11.4 Å². The van der Waals surface area contributed by atoms with E-state index < -0.39 is 93.7 Å². The molecule has 0 aliphatic carbocycles. The third kappa shape index (κ3) is 11.5. The van der Waals surface area contributed by atoms with Gasteiger partial charge in [0.2, 0.25) is 0 Å². The van der Waals surface area contributed by atoms with Crippen LogP contribution in [0.3, 0.4) is 0 Å². The molecule has 0 amide bonds. The second-order valence-corrected chi connectivity index (χ2v) is 14.2. The molecule has 0 radical (unpaired) electrons. The van der Waals surface area contributed by atoms with Crippen molar-refractivity contribution in [3.8, 4) is 0 Å². The number of hydrogen-bond acceptors (Lipinski definition) is 10. The molecule has 6 aromatic rings. The highest BCUT2D eigenvalue weighted by Crippen LogP contribution is 2.41. The normalized spacial score (nSPS) is 13.7. The zero-order valence-electron chi connectivity index (χ0n) is 35.5. The molecule has 0 bridgehead atoms. The van der Waals surface area contributed by atoms with Crippen molar-refractivity contribution in [2.75, 3.05) is 10.6 Å². The minimum atomic E-state index is -4.93. The SMILES string of the molecule is CC.CCC(O)(CC)C(Nc1cc(C(F)(F)F)nc2ncnn12)c1ccc(C(F)(F)F)c(F)c1.CCC(O)(CC)C(Nc1cc(C(F)(F)F)nc2ncnn12)c1ccc(C(F)(F)F)c(F)c1. The highest BCUT2D eigenvalue weighted by atomic mass is 19.4. The van der Waals surface area contributed by atoms with E-state index in [-0.39, 0.29) is 48.4 Å². The molecule has 2 aromatic carbocycles. The molecule has 6 rings (SSSR count). The largest absolute Gasteiger partial charge is 0.433 e. The smallest absolute Gasteiger partial charge is 0.387 e. The number of anilines is 2. The number of alkyl halides is 12. The van der Waals surface area contributed by atoms with Crippen molar-refractivity contribution in [2.45, 2.75) is 115 Å². The summed E-state index contributed by atoms with van der Waals surface area (Å²) in [5, 5.41) is 35.1. The van der Waals surface area contributed by atoms with E-state index in [1.165, 1.54) is 0 Å². The minimum Gasteiger partial charge on any atom is -0.387 e. The van der Waals surface area contributed by atoms with E-state index >= 15 is 0 Å². The lowest BCUT2D eigenvalue weighted by atomic mass is 9.83. The van der Waals surface area contributed by atoms with Crippen molar-refractivity contribution in [1.29, 1.82) is 0 Å². The first-order valence-corrected chi connectivity index (χ1v) is 19.9. The van der Waals surface area contributed by atoms with E-state index in [1.54, 1.807) is 27.7 Å². The summed E-state index contributed by atoms with van der Waals surface area (Å²) in [7, 11) is 0. The molecule has 0 saturated carbocycles. The topological polar surface area (TPSA) is 151 Å². The highest BCUT2D eigenvalue weighted by molar-refractivity contribution is 5.50. The molecule has 0 saturated heterocycles. The number of hydrogen-bond donors (Lipinski definition) is 4. The van der Waals surface area contributed by atoms with E-state index in [9.17, 15) is 71.7 Å². The van der Waals surface area contributed by atoms with Crippen LogP contribution >= 0.6 is 0 Å². The maximum Gasteiger partial charge on any atom is 0.433 e. The van der Waals surface area contributed by atoms with Crippen molar-refractivity contribution >= 4 is 23.2 Å². The van der Waals surface area contributed by atoms with Crippen LogP contribution in [0.4, 0.5) is 73.1 Å². The van der Waals surface area contributed by atoms with Crippen LogP contribution in [0.15, 0.2) is 61.2 Å². The quantitative estimate of drug-likeness (QED) is 0.0873. The predicted octanol–water partition coefficient (Wildman–Crippen LogP) is 11.0. The van der Waals surface area contributed by atoms with Crippen LogP contribution < -0.4 is 10.6 Å². The summed E-state index contributed by atoms with van der Waals surface area (Å²) in [6.07, 6.45) is -17.4. The standard InChI is InChI=1S/2C19H18F7N5O.C2H6/c2*1-3-17(32,4-2)15(10-5-6-11(12(20)7-10)18(21,22)23)30-14-8-13(19(24,25)26)29-16-27-9-28-31(14)16;1-2/h2*5-9,15,30,32H,3-4H2,1-2H3;1-2H3. The van der Waals surface area contributed by atoms with E-state index in [4.69, 9.17) is 0 Å². The van der Waals surface area contributed by atoms with Crippen LogP contribution in [0.2, 0.25) is 0 Å². The summed E-state index contributed by atoms with van der Waals surface area (Å²) in [5.41, 5.74) is -9.09. The van der Waals surface area contributed by atoms with Gasteiger partial charge in [-0.1, -0.05) is 53.7 Å². The maximum absolute atomic E-state index is 14.2. The molecule has 4 heterocycles. The van der Waals surface area contributed by atoms with Gasteiger partial charge in [0.25, 0.3) is 11.6 Å². The van der Waals surface area contributed by atoms with Crippen molar-refractivity contribution in [3.05, 3.63) is 106 Å². The average molecular weight is 961 g/mol. The van der Waals surface area contributed by atoms with Crippen LogP contribution in [-0.4, -0.2) is 60.6 Å². The Balaban J connectivity index is 0.000000278. The van der Waals surface area contributed by atoms with Gasteiger partial charge in [-0.25, -0.2) is 18.7 Å². The third-order valence-electron chi connectivity index (χ3n) is 10.5. The number of aliphatic hydroxyl groups is 2. The van der Waals surface area contributed by atoms with Crippen molar-refractivity contribution in [3.63, 3.8) is 0 Å². The van der Waals surface area contributed by atoms with E-state index in [2.05, 4.69) is 40.8 Å². The Morgan fingerprint density at radius 1 is 0.515 bits per heavy atom. The highest BCUT2D eigenvalue weighted by Gasteiger charge is 2.42. The summed E-state index contributed by atoms with van der Waals surface area (Å²) in [5.74, 6) is -4.51. The van der Waals surface area contributed by atoms with Crippen molar-refractivity contribution < 1.29 is 71.7 Å². The first-order chi connectivity index (χ1) is 30.6. The average Bonchev–Trinajstić information content (AvgIpc) is 3.94. The number of aromatic nitrogens is 8. The van der Waals surface area contributed by atoms with Gasteiger partial charge in [0, 0.05) is 12.1 Å². The summed E-state index contributed by atoms with van der Waals surface area (Å²) >= 11 is 0. The number of halogens is 14. The summed E-state index contributed by atoms with van der Waals surface area (Å²) < 4.78 is 188. The molecule has 2 atom stereocenters. The molecule has 0 spiro atoms. The van der Waals surface area contributed by atoms with E-state index in [0.717, 1.165) is 33.8 Å². The van der Waals surface area contributed by atoms with Crippen LogP contribution in [0.5, 0.6) is 0 Å². The van der Waals surface area contributed by atoms with Crippen molar-refractivity contribution in [2.24, 2.45) is 0 Å². The van der Waals surface area contributed by atoms with Gasteiger partial charge in [-0.05, 0) is 61.1 Å². The van der Waals surface area contributed by atoms with Crippen molar-refractivity contribution in [1.82, 2.24) is 39.2 Å². The Hall–Kier alpha value is -5.92. The van der Waals surface area contributed by atoms with Crippen LogP contribution in [0.25, 0.3) is 11.6 Å². The fourth-order valence-electron chi connectivity index (χ4n) is 6.67. The number of nitrogens with one attached hydrogen (secondary N) is 2. The molecule has 362 valence electrons. The Kier molecular flexibility index (Phi) is 15.9. The van der Waals surface area contributed by atoms with Gasteiger partial charge in [-0.2, -0.15) is 81.9 Å². The molecular formula is C40H42F14N10O2. The predicted molar refractivity (Wildman–Crippen MR) is 210 cm³/mol. The zero-order valence-corrected chi connectivity index (χ0v) is 35.5. The van der Waals surface area contributed by atoms with Gasteiger partial charge in [0.1, 0.15) is 35.9 Å². The molecule has 4 aromatic heterocycles. The Bertz CT molecular complexity index is 2390. The van der Waals surface area contributed by atoms with E-state index in [0.29, 0.717) is 36.4 Å². The monoisotopic (exact) mass is 960 g/mol. The molecule has 0 aliphatic heterocycles. The van der Waals surface area contributed by atoms with Gasteiger partial charge >= 0.3 is 24.7 Å². The minimum absolute atomic E-state index is 0.0571. The second kappa shape index (κ2) is 19.9. The zero-order chi connectivity index (χ0) is 49.8. The lowest BCUT2D eigenvalue weighted by Gasteiger charge is -2.36. The lowest BCUT2D eigenvalue weighted by molar-refractivity contribution is -0.141. The fourth-order valence-corrected chi connectivity index (χ4v) is 6.67. The Labute approximate surface area is 366 Å². The molecule has 0 fully saturated rings. The summed E-state index contributed by atoms with van der Waals surface area (Å²) in [6, 6.07) is 2.84. The summed E-state index contributed by atoms with van der Waals surface area (Å²) in [6.45, 7) is 10.3. The van der Waals surface area contributed by atoms with Gasteiger partial charge < -0.3 is 20.8 Å². The Morgan fingerprint density at radius 3 is 1.09 bits per heavy atom. The maximum atomic E-state index is 14.2. The van der Waals surface area contributed by atoms with Gasteiger partial charge in [0.05, 0.1) is 34.4 Å². The molecule has 2 unspecified atom stereocenters. The molecule has 66 heavy (non-hydrogen) atoms. The molecule has 4 N–H and O–H groups in total. The van der Waals surface area contributed by atoms with Gasteiger partial charge in [-0.3, -0.25) is 0 Å². The van der Waals surface area contributed by atoms with Crippen LogP contribution in [0, 0.1) is 11.6 Å². The second-order valence-electron chi connectivity index (χ2n) is 14.2. The molecule has 12 nitrogen and oxygen atoms in total. The van der Waals surface area contributed by atoms with E-state index in [1.807, 2.05) is 13.8 Å². The number of nitrogens with zero attached hydrogens (tertiary/aromatic N) is 8.